The lowest BCUT2D eigenvalue weighted by molar-refractivity contribution is -0.116. The molecule has 1 aliphatic rings. The molecule has 2 aromatic rings. The van der Waals surface area contributed by atoms with Gasteiger partial charge in [0.1, 0.15) is 4.90 Å². The van der Waals surface area contributed by atoms with Gasteiger partial charge in [0, 0.05) is 13.0 Å². The Labute approximate surface area is 146 Å². The normalized spacial score (nSPS) is 14.2. The van der Waals surface area contributed by atoms with Crippen molar-refractivity contribution in [2.24, 2.45) is 0 Å². The molecule has 0 unspecified atom stereocenters. The molecular weight excluding hydrogens is 348 g/mol. The number of amides is 1. The number of anilines is 2. The average molecular weight is 365 g/mol. The van der Waals surface area contributed by atoms with Crippen molar-refractivity contribution in [3.8, 4) is 0 Å². The molecule has 1 aliphatic carbocycles. The first-order valence-electron chi connectivity index (χ1n) is 7.56. The summed E-state index contributed by atoms with van der Waals surface area (Å²) in [6.07, 6.45) is 1.84. The first kappa shape index (κ1) is 16.8. The summed E-state index contributed by atoms with van der Waals surface area (Å²) in [5.74, 6) is -0.109. The summed E-state index contributed by atoms with van der Waals surface area (Å²) < 4.78 is 27.9. The summed E-state index contributed by atoms with van der Waals surface area (Å²) in [7, 11) is -3.85. The molecule has 7 heteroatoms. The fraction of sp³-hybridized carbons (Fsp3) is 0.235. The van der Waals surface area contributed by atoms with E-state index in [2.05, 4.69) is 4.72 Å². The number of para-hydroxylation sites is 2. The zero-order valence-electron chi connectivity index (χ0n) is 13.1. The fourth-order valence-corrected chi connectivity index (χ4v) is 4.18. The first-order valence-corrected chi connectivity index (χ1v) is 9.42. The van der Waals surface area contributed by atoms with Crippen LogP contribution >= 0.6 is 11.6 Å². The molecule has 126 valence electrons. The average Bonchev–Trinajstić information content (AvgIpc) is 3.33. The number of nitrogens with zero attached hydrogens (tertiary/aromatic N) is 1. The lowest BCUT2D eigenvalue weighted by Crippen LogP contribution is -2.31. The minimum absolute atomic E-state index is 0.00210. The number of rotatable bonds is 5. The predicted octanol–water partition coefficient (Wildman–Crippen LogP) is 3.66. The van der Waals surface area contributed by atoms with Gasteiger partial charge in [-0.15, -0.1) is 0 Å². The molecular formula is C17H17ClN2O3S. The second-order valence-electron chi connectivity index (χ2n) is 5.67. The van der Waals surface area contributed by atoms with Crippen LogP contribution < -0.4 is 9.62 Å². The smallest absolute Gasteiger partial charge is 0.263 e. The van der Waals surface area contributed by atoms with Crippen LogP contribution in [0.25, 0.3) is 0 Å². The minimum Gasteiger partial charge on any atom is -0.308 e. The highest BCUT2D eigenvalue weighted by Crippen LogP contribution is 2.37. The van der Waals surface area contributed by atoms with Crippen LogP contribution in [0.3, 0.4) is 0 Å². The molecule has 1 fully saturated rings. The van der Waals surface area contributed by atoms with E-state index in [0.717, 1.165) is 12.8 Å². The van der Waals surface area contributed by atoms with Crippen LogP contribution in [0.2, 0.25) is 5.02 Å². The molecule has 0 spiro atoms. The van der Waals surface area contributed by atoms with Crippen molar-refractivity contribution >= 4 is 38.9 Å². The number of halogens is 1. The van der Waals surface area contributed by atoms with E-state index in [4.69, 9.17) is 11.6 Å². The lowest BCUT2D eigenvalue weighted by Gasteiger charge is -2.24. The van der Waals surface area contributed by atoms with E-state index >= 15 is 0 Å². The molecule has 0 bridgehead atoms. The molecule has 5 nitrogen and oxygen atoms in total. The molecule has 0 radical (unpaired) electrons. The number of nitrogens with one attached hydrogen (secondary N) is 1. The number of hydrogen-bond acceptors (Lipinski definition) is 3. The number of carbonyl (C=O) groups excluding carboxylic acids is 1. The van der Waals surface area contributed by atoms with Gasteiger partial charge in [-0.05, 0) is 37.1 Å². The Morgan fingerprint density at radius 3 is 2.38 bits per heavy atom. The summed E-state index contributed by atoms with van der Waals surface area (Å²) in [5, 5.41) is 0.146. The van der Waals surface area contributed by atoms with Gasteiger partial charge >= 0.3 is 0 Å². The van der Waals surface area contributed by atoms with Crippen molar-refractivity contribution in [3.63, 3.8) is 0 Å². The second-order valence-corrected chi connectivity index (χ2v) is 7.73. The van der Waals surface area contributed by atoms with E-state index in [1.807, 2.05) is 0 Å². The van der Waals surface area contributed by atoms with E-state index < -0.39 is 10.0 Å². The Morgan fingerprint density at radius 1 is 1.12 bits per heavy atom. The summed E-state index contributed by atoms with van der Waals surface area (Å²) in [5.41, 5.74) is 0.919. The topological polar surface area (TPSA) is 66.5 Å². The SMILES string of the molecule is CC(=O)N(c1ccccc1NS(=O)(=O)c1ccccc1Cl)C1CC1. The van der Waals surface area contributed by atoms with E-state index in [1.54, 1.807) is 41.3 Å². The van der Waals surface area contributed by atoms with Crippen molar-refractivity contribution in [3.05, 3.63) is 53.6 Å². The van der Waals surface area contributed by atoms with E-state index in [9.17, 15) is 13.2 Å². The maximum absolute atomic E-state index is 12.7. The molecule has 0 saturated heterocycles. The maximum atomic E-state index is 12.7. The van der Waals surface area contributed by atoms with Gasteiger partial charge in [0.2, 0.25) is 5.91 Å². The van der Waals surface area contributed by atoms with E-state index in [-0.39, 0.29) is 21.9 Å². The summed E-state index contributed by atoms with van der Waals surface area (Å²) in [4.78, 5) is 13.6. The van der Waals surface area contributed by atoms with Crippen molar-refractivity contribution in [1.82, 2.24) is 0 Å². The van der Waals surface area contributed by atoms with Crippen LogP contribution in [0.1, 0.15) is 19.8 Å². The zero-order chi connectivity index (χ0) is 17.3. The Morgan fingerprint density at radius 2 is 1.75 bits per heavy atom. The Bertz CT molecular complexity index is 879. The minimum atomic E-state index is -3.85. The fourth-order valence-electron chi connectivity index (χ4n) is 2.59. The Hall–Kier alpha value is -2.05. The van der Waals surface area contributed by atoms with Crippen molar-refractivity contribution in [1.29, 1.82) is 0 Å². The molecule has 1 saturated carbocycles. The third-order valence-corrected chi connectivity index (χ3v) is 5.65. The van der Waals surface area contributed by atoms with Crippen molar-refractivity contribution < 1.29 is 13.2 Å². The van der Waals surface area contributed by atoms with Crippen LogP contribution in [-0.2, 0) is 14.8 Å². The standard InChI is InChI=1S/C17H17ClN2O3S/c1-12(21)20(13-10-11-13)16-8-4-3-7-15(16)19-24(22,23)17-9-5-2-6-14(17)18/h2-9,13,19H,10-11H2,1H3. The summed E-state index contributed by atoms with van der Waals surface area (Å²) >= 11 is 6.00. The molecule has 24 heavy (non-hydrogen) atoms. The van der Waals surface area contributed by atoms with Gasteiger partial charge < -0.3 is 4.90 Å². The Kier molecular flexibility index (Phi) is 4.51. The molecule has 0 atom stereocenters. The van der Waals surface area contributed by atoms with E-state index in [0.29, 0.717) is 11.4 Å². The summed E-state index contributed by atoms with van der Waals surface area (Å²) in [6, 6.07) is 13.3. The third kappa shape index (κ3) is 3.39. The van der Waals surface area contributed by atoms with Crippen LogP contribution in [0.5, 0.6) is 0 Å². The highest BCUT2D eigenvalue weighted by Gasteiger charge is 2.33. The van der Waals surface area contributed by atoms with Crippen molar-refractivity contribution in [2.75, 3.05) is 9.62 Å². The number of sulfonamides is 1. The molecule has 0 aromatic heterocycles. The van der Waals surface area contributed by atoms with Gasteiger partial charge in [0.25, 0.3) is 10.0 Å². The molecule has 1 amide bonds. The zero-order valence-corrected chi connectivity index (χ0v) is 14.6. The van der Waals surface area contributed by atoms with Crippen molar-refractivity contribution in [2.45, 2.75) is 30.7 Å². The second kappa shape index (κ2) is 6.45. The quantitative estimate of drug-likeness (QED) is 0.880. The van der Waals surface area contributed by atoms with Gasteiger partial charge in [0.05, 0.1) is 16.4 Å². The summed E-state index contributed by atoms with van der Waals surface area (Å²) in [6.45, 7) is 1.48. The van der Waals surface area contributed by atoms with Gasteiger partial charge in [0.15, 0.2) is 0 Å². The molecule has 3 rings (SSSR count). The Balaban J connectivity index is 1.99. The number of hydrogen-bond donors (Lipinski definition) is 1. The predicted molar refractivity (Wildman–Crippen MR) is 94.9 cm³/mol. The van der Waals surface area contributed by atoms with E-state index in [1.165, 1.54) is 19.1 Å². The molecule has 0 aliphatic heterocycles. The number of benzene rings is 2. The highest BCUT2D eigenvalue weighted by molar-refractivity contribution is 7.92. The molecule has 2 aromatic carbocycles. The maximum Gasteiger partial charge on any atom is 0.263 e. The van der Waals surface area contributed by atoms with Gasteiger partial charge in [-0.25, -0.2) is 8.42 Å². The first-order chi connectivity index (χ1) is 11.4. The molecule has 0 heterocycles. The van der Waals surface area contributed by atoms with Gasteiger partial charge in [-0.2, -0.15) is 0 Å². The highest BCUT2D eigenvalue weighted by atomic mass is 35.5. The number of carbonyl (C=O) groups is 1. The molecule has 1 N–H and O–H groups in total. The largest absolute Gasteiger partial charge is 0.308 e. The monoisotopic (exact) mass is 364 g/mol. The van der Waals surface area contributed by atoms with Gasteiger partial charge in [-0.1, -0.05) is 35.9 Å². The van der Waals surface area contributed by atoms with Crippen LogP contribution in [-0.4, -0.2) is 20.4 Å². The van der Waals surface area contributed by atoms with Crippen LogP contribution in [0.15, 0.2) is 53.4 Å². The van der Waals surface area contributed by atoms with Crippen LogP contribution in [0, 0.1) is 0 Å². The lowest BCUT2D eigenvalue weighted by atomic mass is 10.2. The van der Waals surface area contributed by atoms with Crippen LogP contribution in [0.4, 0.5) is 11.4 Å². The third-order valence-electron chi connectivity index (χ3n) is 3.79. The van der Waals surface area contributed by atoms with Gasteiger partial charge in [-0.3, -0.25) is 9.52 Å².